The van der Waals surface area contributed by atoms with E-state index in [0.29, 0.717) is 0 Å². The molecule has 0 unspecified atom stereocenters. The van der Waals surface area contributed by atoms with Crippen molar-refractivity contribution in [3.8, 4) is 0 Å². The van der Waals surface area contributed by atoms with Crippen molar-refractivity contribution in [1.82, 2.24) is 4.57 Å². The van der Waals surface area contributed by atoms with E-state index in [1.807, 2.05) is 0 Å². The van der Waals surface area contributed by atoms with Crippen LogP contribution in [0.3, 0.4) is 0 Å². The Hall–Kier alpha value is -1.06. The minimum atomic E-state index is -0.732. The molecular formula is C22H33NS2. The van der Waals surface area contributed by atoms with Gasteiger partial charge in [0.25, 0.3) is 0 Å². The summed E-state index contributed by atoms with van der Waals surface area (Å²) in [5, 5.41) is 2.82. The lowest BCUT2D eigenvalue weighted by atomic mass is 10.1. The van der Waals surface area contributed by atoms with Crippen LogP contribution in [0.25, 0.3) is 21.8 Å². The van der Waals surface area contributed by atoms with Gasteiger partial charge < -0.3 is 4.57 Å². The van der Waals surface area contributed by atoms with E-state index in [-0.39, 0.29) is 5.54 Å². The lowest BCUT2D eigenvalue weighted by Gasteiger charge is -2.27. The molecule has 0 aliphatic carbocycles. The second kappa shape index (κ2) is 5.72. The van der Waals surface area contributed by atoms with Crippen molar-refractivity contribution in [3.05, 3.63) is 36.4 Å². The molecule has 0 aliphatic heterocycles. The Kier molecular flexibility index (Phi) is 4.28. The first kappa shape index (κ1) is 18.7. The van der Waals surface area contributed by atoms with E-state index in [4.69, 9.17) is 0 Å². The van der Waals surface area contributed by atoms with Gasteiger partial charge >= 0.3 is 0 Å². The van der Waals surface area contributed by atoms with Crippen molar-refractivity contribution in [1.29, 1.82) is 0 Å². The van der Waals surface area contributed by atoms with Gasteiger partial charge in [0.2, 0.25) is 0 Å². The van der Waals surface area contributed by atoms with Crippen LogP contribution < -0.4 is 0 Å². The summed E-state index contributed by atoms with van der Waals surface area (Å²) >= 11 is 0. The molecule has 0 radical (unpaired) electrons. The molecule has 0 N–H and O–H groups in total. The van der Waals surface area contributed by atoms with Gasteiger partial charge in [-0.25, -0.2) is 20.1 Å². The summed E-state index contributed by atoms with van der Waals surface area (Å²) in [7, 11) is -1.46. The molecule has 0 bridgehead atoms. The molecular weight excluding hydrogens is 342 g/mol. The van der Waals surface area contributed by atoms with Crippen LogP contribution in [-0.4, -0.2) is 42.1 Å². The second-order valence-electron chi connectivity index (χ2n) is 9.54. The topological polar surface area (TPSA) is 4.93 Å². The van der Waals surface area contributed by atoms with Gasteiger partial charge in [-0.1, -0.05) is 0 Å². The average Bonchev–Trinajstić information content (AvgIpc) is 2.77. The summed E-state index contributed by atoms with van der Waals surface area (Å²) in [4.78, 5) is 2.97. The predicted octanol–water partition coefficient (Wildman–Crippen LogP) is 6.66. The number of fused-ring (bicyclic) bond motifs is 3. The molecule has 25 heavy (non-hydrogen) atoms. The van der Waals surface area contributed by atoms with Crippen molar-refractivity contribution >= 4 is 41.9 Å². The minimum Gasteiger partial charge on any atom is -0.335 e. The molecule has 2 aromatic carbocycles. The number of rotatable bonds is 2. The Morgan fingerprint density at radius 3 is 1.28 bits per heavy atom. The molecule has 0 saturated heterocycles. The van der Waals surface area contributed by atoms with Gasteiger partial charge in [-0.2, -0.15) is 0 Å². The Bertz CT molecular complexity index is 873. The third kappa shape index (κ3) is 3.33. The summed E-state index contributed by atoms with van der Waals surface area (Å²) in [6.07, 6.45) is 14.3. The molecule has 138 valence electrons. The van der Waals surface area contributed by atoms with Crippen LogP contribution in [0.1, 0.15) is 20.8 Å². The van der Waals surface area contributed by atoms with E-state index in [2.05, 4.69) is 99.3 Å². The highest BCUT2D eigenvalue weighted by Crippen LogP contribution is 2.49. The average molecular weight is 376 g/mol. The fourth-order valence-electron chi connectivity index (χ4n) is 3.47. The SMILES string of the molecule is CC(C)(C)n1c2ccc(S(C)(C)C)cc2c2cc(S(C)(C)C)ccc21. The molecule has 3 aromatic rings. The lowest BCUT2D eigenvalue weighted by Crippen LogP contribution is -2.21. The Labute approximate surface area is 156 Å². The van der Waals surface area contributed by atoms with E-state index < -0.39 is 20.1 Å². The van der Waals surface area contributed by atoms with Crippen LogP contribution in [0.15, 0.2) is 46.2 Å². The quantitative estimate of drug-likeness (QED) is 0.472. The standard InChI is InChI=1S/C22H33NS2/c1-22(2,3)23-20-12-10-16(24(4,5)6)14-18(20)19-15-17(25(7,8)9)11-13-21(19)23/h10-15H,1-9H3. The fourth-order valence-corrected chi connectivity index (χ4v) is 5.36. The van der Waals surface area contributed by atoms with Crippen LogP contribution in [0.4, 0.5) is 0 Å². The molecule has 0 fully saturated rings. The molecule has 3 heteroatoms. The highest BCUT2D eigenvalue weighted by Gasteiger charge is 2.22. The molecule has 0 saturated carbocycles. The minimum absolute atomic E-state index is 0.0617. The molecule has 0 aliphatic rings. The van der Waals surface area contributed by atoms with Gasteiger partial charge in [-0.15, -0.1) is 0 Å². The first-order chi connectivity index (χ1) is 11.3. The van der Waals surface area contributed by atoms with Gasteiger partial charge in [0.15, 0.2) is 0 Å². The van der Waals surface area contributed by atoms with Gasteiger partial charge in [-0.3, -0.25) is 0 Å². The van der Waals surface area contributed by atoms with E-state index in [1.54, 1.807) is 0 Å². The van der Waals surface area contributed by atoms with Crippen molar-refractivity contribution in [2.24, 2.45) is 0 Å². The van der Waals surface area contributed by atoms with Crippen LogP contribution in [0.5, 0.6) is 0 Å². The van der Waals surface area contributed by atoms with Gasteiger partial charge in [0.1, 0.15) is 0 Å². The maximum Gasteiger partial charge on any atom is 0.0497 e. The van der Waals surface area contributed by atoms with E-state index in [1.165, 1.54) is 31.6 Å². The smallest absolute Gasteiger partial charge is 0.0497 e. The van der Waals surface area contributed by atoms with Gasteiger partial charge in [0.05, 0.1) is 0 Å². The third-order valence-corrected chi connectivity index (χ3v) is 8.13. The van der Waals surface area contributed by atoms with E-state index >= 15 is 0 Å². The first-order valence-electron chi connectivity index (χ1n) is 8.75. The predicted molar refractivity (Wildman–Crippen MR) is 122 cm³/mol. The Morgan fingerprint density at radius 1 is 0.640 bits per heavy atom. The molecule has 0 amide bonds. The van der Waals surface area contributed by atoms with Crippen LogP contribution in [0, 0.1) is 0 Å². The Balaban J connectivity index is 2.47. The van der Waals surface area contributed by atoms with Crippen molar-refractivity contribution < 1.29 is 0 Å². The first-order valence-corrected chi connectivity index (χ1v) is 14.5. The largest absolute Gasteiger partial charge is 0.335 e. The summed E-state index contributed by atoms with van der Waals surface area (Å²) in [6.45, 7) is 6.91. The molecule has 3 rings (SSSR count). The zero-order valence-corrected chi connectivity index (χ0v) is 18.9. The maximum absolute atomic E-state index is 2.52. The highest BCUT2D eigenvalue weighted by molar-refractivity contribution is 8.32. The number of hydrogen-bond donors (Lipinski definition) is 0. The number of benzene rings is 2. The molecule has 0 atom stereocenters. The summed E-state index contributed by atoms with van der Waals surface area (Å²) < 4.78 is 2.52. The zero-order valence-electron chi connectivity index (χ0n) is 17.2. The van der Waals surface area contributed by atoms with E-state index in [9.17, 15) is 0 Å². The lowest BCUT2D eigenvalue weighted by molar-refractivity contribution is 0.423. The number of aromatic nitrogens is 1. The molecule has 1 aromatic heterocycles. The molecule has 0 spiro atoms. The van der Waals surface area contributed by atoms with Crippen molar-refractivity contribution in [2.45, 2.75) is 36.1 Å². The summed E-state index contributed by atoms with van der Waals surface area (Å²) in [6, 6.07) is 14.3. The summed E-state index contributed by atoms with van der Waals surface area (Å²) in [5.41, 5.74) is 2.78. The molecule has 1 heterocycles. The number of hydrogen-bond acceptors (Lipinski definition) is 0. The number of nitrogens with zero attached hydrogens (tertiary/aromatic N) is 1. The molecule has 1 nitrogen and oxygen atoms in total. The summed E-state index contributed by atoms with van der Waals surface area (Å²) in [5.74, 6) is 0. The monoisotopic (exact) mass is 375 g/mol. The van der Waals surface area contributed by atoms with Crippen molar-refractivity contribution in [2.75, 3.05) is 37.5 Å². The van der Waals surface area contributed by atoms with Crippen LogP contribution in [-0.2, 0) is 5.54 Å². The Morgan fingerprint density at radius 2 is 1.00 bits per heavy atom. The second-order valence-corrected chi connectivity index (χ2v) is 17.8. The van der Waals surface area contributed by atoms with Crippen molar-refractivity contribution in [3.63, 3.8) is 0 Å². The third-order valence-electron chi connectivity index (χ3n) is 4.79. The normalized spacial score (nSPS) is 15.1. The van der Waals surface area contributed by atoms with Crippen LogP contribution >= 0.6 is 20.1 Å². The fraction of sp³-hybridized carbons (Fsp3) is 0.455. The highest BCUT2D eigenvalue weighted by atomic mass is 32.3. The van der Waals surface area contributed by atoms with Gasteiger partial charge in [0, 0.05) is 27.3 Å². The van der Waals surface area contributed by atoms with Gasteiger partial charge in [-0.05, 0) is 104 Å². The van der Waals surface area contributed by atoms with E-state index in [0.717, 1.165) is 0 Å². The maximum atomic E-state index is 2.52. The van der Waals surface area contributed by atoms with Crippen LogP contribution in [0.2, 0.25) is 0 Å². The zero-order chi connectivity index (χ0) is 18.8.